The monoisotopic (exact) mass is 487 g/mol. The number of imidazole rings is 1. The normalized spacial score (nSPS) is 17.4. The van der Waals surface area contributed by atoms with Crippen molar-refractivity contribution in [3.05, 3.63) is 52.2 Å². The van der Waals surface area contributed by atoms with E-state index in [1.165, 1.54) is 12.8 Å². The molecular formula is C27H33N7O2. The first-order valence-electron chi connectivity index (χ1n) is 13.0. The van der Waals surface area contributed by atoms with Gasteiger partial charge in [-0.15, -0.1) is 0 Å². The molecule has 0 saturated carbocycles. The Bertz CT molecular complexity index is 1490. The Morgan fingerprint density at radius 1 is 1.08 bits per heavy atom. The molecule has 0 radical (unpaired) electrons. The summed E-state index contributed by atoms with van der Waals surface area (Å²) >= 11 is 0. The minimum absolute atomic E-state index is 0.170. The van der Waals surface area contributed by atoms with Crippen LogP contribution in [0.1, 0.15) is 36.0 Å². The summed E-state index contributed by atoms with van der Waals surface area (Å²) in [5, 5.41) is 10.4. The number of anilines is 1. The van der Waals surface area contributed by atoms with Gasteiger partial charge in [-0.25, -0.2) is 4.98 Å². The van der Waals surface area contributed by atoms with Gasteiger partial charge in [-0.05, 0) is 76.1 Å². The Morgan fingerprint density at radius 3 is 2.61 bits per heavy atom. The van der Waals surface area contributed by atoms with Crippen molar-refractivity contribution in [2.24, 2.45) is 7.05 Å². The van der Waals surface area contributed by atoms with Crippen LogP contribution in [0, 0.1) is 0 Å². The molecule has 1 amide bonds. The molecule has 1 aromatic carbocycles. The number of aryl methyl sites for hydroxylation is 1. The predicted molar refractivity (Wildman–Crippen MR) is 143 cm³/mol. The highest BCUT2D eigenvalue weighted by atomic mass is 16.2. The van der Waals surface area contributed by atoms with Crippen LogP contribution in [0.5, 0.6) is 0 Å². The molecule has 188 valence electrons. The van der Waals surface area contributed by atoms with E-state index in [0.717, 1.165) is 62.4 Å². The molecule has 5 heterocycles. The van der Waals surface area contributed by atoms with Crippen LogP contribution in [-0.2, 0) is 7.05 Å². The van der Waals surface area contributed by atoms with Crippen LogP contribution >= 0.6 is 0 Å². The van der Waals surface area contributed by atoms with Crippen molar-refractivity contribution in [3.8, 4) is 0 Å². The molecule has 4 aromatic rings. The van der Waals surface area contributed by atoms with Gasteiger partial charge in [0.15, 0.2) is 5.65 Å². The van der Waals surface area contributed by atoms with Gasteiger partial charge >= 0.3 is 0 Å². The number of aromatic nitrogens is 3. The van der Waals surface area contributed by atoms with E-state index in [1.807, 2.05) is 52.4 Å². The molecule has 3 N–H and O–H groups in total. The minimum atomic E-state index is -0.332. The molecule has 2 aliphatic rings. The molecule has 0 atom stereocenters. The fraction of sp³-hybridized carbons (Fsp3) is 0.444. The second-order valence-corrected chi connectivity index (χ2v) is 9.95. The molecular weight excluding hydrogens is 454 g/mol. The van der Waals surface area contributed by atoms with Crippen molar-refractivity contribution in [2.45, 2.75) is 31.7 Å². The number of rotatable bonds is 6. The number of para-hydroxylation sites is 2. The van der Waals surface area contributed by atoms with Crippen LogP contribution in [0.25, 0.3) is 27.7 Å². The SMILES string of the molecule is Cn1c2ccccc2n2c3nc(NC4CCNCC4)ccc3c(=O)c(C(=O)NCCN3CCCC3)c12. The Labute approximate surface area is 209 Å². The van der Waals surface area contributed by atoms with Gasteiger partial charge in [0.05, 0.1) is 16.4 Å². The summed E-state index contributed by atoms with van der Waals surface area (Å²) in [5.74, 6) is 0.416. The van der Waals surface area contributed by atoms with Gasteiger partial charge in [-0.3, -0.25) is 14.0 Å². The van der Waals surface area contributed by atoms with Gasteiger partial charge in [-0.2, -0.15) is 0 Å². The summed E-state index contributed by atoms with van der Waals surface area (Å²) in [6, 6.07) is 12.0. The van der Waals surface area contributed by atoms with Crippen LogP contribution in [-0.4, -0.2) is 70.1 Å². The molecule has 2 saturated heterocycles. The zero-order valence-electron chi connectivity index (χ0n) is 20.7. The maximum Gasteiger partial charge on any atom is 0.259 e. The number of hydrogen-bond acceptors (Lipinski definition) is 6. The minimum Gasteiger partial charge on any atom is -0.367 e. The molecule has 2 aliphatic heterocycles. The van der Waals surface area contributed by atoms with Crippen molar-refractivity contribution < 1.29 is 4.79 Å². The van der Waals surface area contributed by atoms with E-state index in [2.05, 4.69) is 20.9 Å². The quantitative estimate of drug-likeness (QED) is 0.386. The van der Waals surface area contributed by atoms with E-state index in [-0.39, 0.29) is 16.9 Å². The number of pyridine rings is 2. The molecule has 0 aliphatic carbocycles. The molecule has 9 nitrogen and oxygen atoms in total. The number of fused-ring (bicyclic) bond motifs is 5. The number of carbonyl (C=O) groups is 1. The smallest absolute Gasteiger partial charge is 0.259 e. The topological polar surface area (TPSA) is 95.7 Å². The second-order valence-electron chi connectivity index (χ2n) is 9.95. The molecule has 3 aromatic heterocycles. The van der Waals surface area contributed by atoms with Crippen LogP contribution < -0.4 is 21.4 Å². The first-order valence-corrected chi connectivity index (χ1v) is 13.0. The van der Waals surface area contributed by atoms with Crippen molar-refractivity contribution in [2.75, 3.05) is 44.6 Å². The van der Waals surface area contributed by atoms with Gasteiger partial charge in [-0.1, -0.05) is 12.1 Å². The zero-order valence-corrected chi connectivity index (χ0v) is 20.7. The summed E-state index contributed by atoms with van der Waals surface area (Å²) in [6.45, 7) is 5.42. The van der Waals surface area contributed by atoms with Crippen molar-refractivity contribution in [3.63, 3.8) is 0 Å². The Morgan fingerprint density at radius 2 is 1.83 bits per heavy atom. The molecule has 0 unspecified atom stereocenters. The van der Waals surface area contributed by atoms with Crippen LogP contribution in [0.3, 0.4) is 0 Å². The number of nitrogens with one attached hydrogen (secondary N) is 3. The molecule has 6 rings (SSSR count). The van der Waals surface area contributed by atoms with E-state index in [0.29, 0.717) is 29.3 Å². The lowest BCUT2D eigenvalue weighted by Gasteiger charge is -2.24. The molecule has 0 spiro atoms. The first-order chi connectivity index (χ1) is 17.6. The summed E-state index contributed by atoms with van der Waals surface area (Å²) in [4.78, 5) is 34.5. The van der Waals surface area contributed by atoms with Crippen LogP contribution in [0.15, 0.2) is 41.2 Å². The van der Waals surface area contributed by atoms with Crippen molar-refractivity contribution >= 4 is 39.4 Å². The first kappa shape index (κ1) is 23.0. The predicted octanol–water partition coefficient (Wildman–Crippen LogP) is 2.33. The summed E-state index contributed by atoms with van der Waals surface area (Å²) < 4.78 is 3.90. The molecule has 36 heavy (non-hydrogen) atoms. The fourth-order valence-corrected chi connectivity index (χ4v) is 5.72. The third-order valence-corrected chi connectivity index (χ3v) is 7.63. The van der Waals surface area contributed by atoms with Gasteiger partial charge in [0.25, 0.3) is 5.91 Å². The number of nitrogens with zero attached hydrogens (tertiary/aromatic N) is 4. The molecule has 0 bridgehead atoms. The Kier molecular flexibility index (Phi) is 6.10. The number of carbonyl (C=O) groups excluding carboxylic acids is 1. The van der Waals surface area contributed by atoms with Gasteiger partial charge in [0.1, 0.15) is 17.0 Å². The maximum absolute atomic E-state index is 13.8. The van der Waals surface area contributed by atoms with E-state index >= 15 is 0 Å². The number of amides is 1. The lowest BCUT2D eigenvalue weighted by Crippen LogP contribution is -2.36. The van der Waals surface area contributed by atoms with Crippen molar-refractivity contribution in [1.82, 2.24) is 29.5 Å². The standard InChI is InChI=1S/C27H33N7O2/c1-32-20-6-2-3-7-21(20)34-25-19(8-9-22(31-25)30-18-10-12-28-13-11-18)24(35)23(27(32)34)26(36)29-14-17-33-15-4-5-16-33/h2-3,6-9,18,28H,4-5,10-17H2,1H3,(H,29,36)(H,30,31). The Balaban J connectivity index is 1.46. The maximum atomic E-state index is 13.8. The van der Waals surface area contributed by atoms with Crippen molar-refractivity contribution in [1.29, 1.82) is 0 Å². The lowest BCUT2D eigenvalue weighted by molar-refractivity contribution is 0.0950. The number of piperidine rings is 1. The summed E-state index contributed by atoms with van der Waals surface area (Å²) in [7, 11) is 1.90. The second kappa shape index (κ2) is 9.55. The highest BCUT2D eigenvalue weighted by Gasteiger charge is 2.25. The highest BCUT2D eigenvalue weighted by molar-refractivity contribution is 6.05. The van der Waals surface area contributed by atoms with Crippen LogP contribution in [0.4, 0.5) is 5.82 Å². The van der Waals surface area contributed by atoms with E-state index < -0.39 is 0 Å². The fourth-order valence-electron chi connectivity index (χ4n) is 5.72. The summed E-state index contributed by atoms with van der Waals surface area (Å²) in [6.07, 6.45) is 4.47. The van der Waals surface area contributed by atoms with Crippen LogP contribution in [0.2, 0.25) is 0 Å². The van der Waals surface area contributed by atoms with E-state index in [1.54, 1.807) is 0 Å². The molecule has 2 fully saturated rings. The summed E-state index contributed by atoms with van der Waals surface area (Å²) in [5.41, 5.74) is 2.88. The average Bonchev–Trinajstić information content (AvgIpc) is 3.52. The Hall–Kier alpha value is -3.43. The third-order valence-electron chi connectivity index (χ3n) is 7.63. The zero-order chi connectivity index (χ0) is 24.6. The number of likely N-dealkylation sites (tertiary alicyclic amines) is 1. The van der Waals surface area contributed by atoms with E-state index in [4.69, 9.17) is 4.98 Å². The lowest BCUT2D eigenvalue weighted by atomic mass is 10.1. The number of hydrogen-bond donors (Lipinski definition) is 3. The van der Waals surface area contributed by atoms with E-state index in [9.17, 15) is 9.59 Å². The average molecular weight is 488 g/mol. The molecule has 9 heteroatoms. The largest absolute Gasteiger partial charge is 0.367 e. The highest BCUT2D eigenvalue weighted by Crippen LogP contribution is 2.26. The number of benzene rings is 1. The van der Waals surface area contributed by atoms with Gasteiger partial charge in [0.2, 0.25) is 5.43 Å². The third kappa shape index (κ3) is 4.02. The van der Waals surface area contributed by atoms with Gasteiger partial charge in [0, 0.05) is 26.2 Å². The van der Waals surface area contributed by atoms with Gasteiger partial charge < -0.3 is 25.4 Å².